The summed E-state index contributed by atoms with van der Waals surface area (Å²) >= 11 is 0. The van der Waals surface area contributed by atoms with Crippen LogP contribution in [0.5, 0.6) is 5.75 Å². The second-order valence-electron chi connectivity index (χ2n) is 5.74. The van der Waals surface area contributed by atoms with Crippen LogP contribution in [0.25, 0.3) is 0 Å². The molecule has 1 aromatic rings. The number of hydrogen-bond donors (Lipinski definition) is 1. The number of nitrogens with one attached hydrogen (secondary N) is 1. The Balaban J connectivity index is 1.28. The molecule has 1 atom stereocenters. The third-order valence-electron chi connectivity index (χ3n) is 3.95. The molecule has 2 aliphatic rings. The van der Waals surface area contributed by atoms with E-state index >= 15 is 0 Å². The summed E-state index contributed by atoms with van der Waals surface area (Å²) in [6, 6.07) is 11.7. The van der Waals surface area contributed by atoms with Crippen molar-refractivity contribution >= 4 is 0 Å². The lowest BCUT2D eigenvalue weighted by molar-refractivity contribution is 0.260. The van der Waals surface area contributed by atoms with E-state index in [1.54, 1.807) is 0 Å². The van der Waals surface area contributed by atoms with Gasteiger partial charge in [0, 0.05) is 25.2 Å². The van der Waals surface area contributed by atoms with Crippen LogP contribution in [0.1, 0.15) is 25.7 Å². The van der Waals surface area contributed by atoms with Crippen molar-refractivity contribution in [1.82, 2.24) is 10.2 Å². The summed E-state index contributed by atoms with van der Waals surface area (Å²) in [5.74, 6) is 0.984. The minimum Gasteiger partial charge on any atom is -0.494 e. The lowest BCUT2D eigenvalue weighted by atomic mass is 10.2. The topological polar surface area (TPSA) is 24.5 Å². The zero-order valence-electron chi connectivity index (χ0n) is 11.6. The summed E-state index contributed by atoms with van der Waals surface area (Å²) in [4.78, 5) is 2.56. The van der Waals surface area contributed by atoms with E-state index in [9.17, 15) is 0 Å². The van der Waals surface area contributed by atoms with E-state index in [0.29, 0.717) is 0 Å². The van der Waals surface area contributed by atoms with Gasteiger partial charge in [-0.15, -0.1) is 0 Å². The van der Waals surface area contributed by atoms with Crippen molar-refractivity contribution in [3.63, 3.8) is 0 Å². The van der Waals surface area contributed by atoms with E-state index in [-0.39, 0.29) is 0 Å². The molecule has 3 nitrogen and oxygen atoms in total. The minimum absolute atomic E-state index is 0.738. The summed E-state index contributed by atoms with van der Waals surface area (Å²) < 4.78 is 5.72. The quantitative estimate of drug-likeness (QED) is 0.761. The molecule has 0 radical (unpaired) electrons. The van der Waals surface area contributed by atoms with Gasteiger partial charge in [-0.25, -0.2) is 0 Å². The standard InChI is InChI=1S/C16H24N2O/c1-2-5-16(6-3-1)19-12-4-10-18-11-9-15(13-18)17-14-7-8-14/h1-3,5-6,14-15,17H,4,7-13H2. The summed E-state index contributed by atoms with van der Waals surface area (Å²) in [6.45, 7) is 4.45. The van der Waals surface area contributed by atoms with Crippen LogP contribution in [0, 0.1) is 0 Å². The second kappa shape index (κ2) is 6.40. The monoisotopic (exact) mass is 260 g/mol. The molecule has 104 valence electrons. The first-order valence-electron chi connectivity index (χ1n) is 7.56. The molecule has 1 N–H and O–H groups in total. The van der Waals surface area contributed by atoms with E-state index in [2.05, 4.69) is 10.2 Å². The van der Waals surface area contributed by atoms with Crippen LogP contribution in [0.4, 0.5) is 0 Å². The highest BCUT2D eigenvalue weighted by Gasteiger charge is 2.28. The van der Waals surface area contributed by atoms with Crippen LogP contribution < -0.4 is 10.1 Å². The molecular weight excluding hydrogens is 236 g/mol. The molecule has 1 saturated heterocycles. The van der Waals surface area contributed by atoms with Crippen LogP contribution in [0.2, 0.25) is 0 Å². The highest BCUT2D eigenvalue weighted by atomic mass is 16.5. The van der Waals surface area contributed by atoms with Gasteiger partial charge in [0.1, 0.15) is 5.75 Å². The lowest BCUT2D eigenvalue weighted by Gasteiger charge is -2.16. The maximum atomic E-state index is 5.72. The zero-order valence-corrected chi connectivity index (χ0v) is 11.6. The molecule has 0 aromatic heterocycles. The van der Waals surface area contributed by atoms with Gasteiger partial charge in [0.2, 0.25) is 0 Å². The first-order chi connectivity index (χ1) is 9.40. The van der Waals surface area contributed by atoms with Gasteiger partial charge in [0.05, 0.1) is 6.61 Å². The SMILES string of the molecule is c1ccc(OCCCN2CCC(NC3CC3)C2)cc1. The van der Waals surface area contributed by atoms with Crippen molar-refractivity contribution < 1.29 is 4.74 Å². The second-order valence-corrected chi connectivity index (χ2v) is 5.74. The fourth-order valence-corrected chi connectivity index (χ4v) is 2.75. The number of rotatable bonds is 7. The summed E-state index contributed by atoms with van der Waals surface area (Å²) in [6.07, 6.45) is 5.21. The number of para-hydroxylation sites is 1. The van der Waals surface area contributed by atoms with Gasteiger partial charge in [-0.05, 0) is 44.4 Å². The molecule has 1 heterocycles. The fourth-order valence-electron chi connectivity index (χ4n) is 2.75. The largest absolute Gasteiger partial charge is 0.494 e. The van der Waals surface area contributed by atoms with E-state index < -0.39 is 0 Å². The average Bonchev–Trinajstić information content (AvgIpc) is 3.14. The first-order valence-corrected chi connectivity index (χ1v) is 7.56. The zero-order chi connectivity index (χ0) is 12.9. The van der Waals surface area contributed by atoms with Gasteiger partial charge >= 0.3 is 0 Å². The van der Waals surface area contributed by atoms with Gasteiger partial charge < -0.3 is 15.0 Å². The number of likely N-dealkylation sites (tertiary alicyclic amines) is 1. The molecule has 0 amide bonds. The van der Waals surface area contributed by atoms with E-state index in [4.69, 9.17) is 4.74 Å². The average molecular weight is 260 g/mol. The Kier molecular flexibility index (Phi) is 4.36. The molecule has 19 heavy (non-hydrogen) atoms. The molecule has 1 aliphatic carbocycles. The smallest absolute Gasteiger partial charge is 0.119 e. The van der Waals surface area contributed by atoms with Gasteiger partial charge in [0.15, 0.2) is 0 Å². The van der Waals surface area contributed by atoms with Crippen LogP contribution >= 0.6 is 0 Å². The Morgan fingerprint density at radius 2 is 1.95 bits per heavy atom. The summed E-state index contributed by atoms with van der Waals surface area (Å²) in [5.41, 5.74) is 0. The fraction of sp³-hybridized carbons (Fsp3) is 0.625. The van der Waals surface area contributed by atoms with Crippen LogP contribution in [0.3, 0.4) is 0 Å². The first kappa shape index (κ1) is 12.9. The van der Waals surface area contributed by atoms with Crippen molar-refractivity contribution in [2.45, 2.75) is 37.8 Å². The predicted octanol–water partition coefficient (Wildman–Crippen LogP) is 2.28. The Hall–Kier alpha value is -1.06. The van der Waals surface area contributed by atoms with Crippen LogP contribution in [-0.4, -0.2) is 43.2 Å². The predicted molar refractivity (Wildman–Crippen MR) is 77.6 cm³/mol. The number of nitrogens with zero attached hydrogens (tertiary/aromatic N) is 1. The van der Waals surface area contributed by atoms with Crippen LogP contribution in [0.15, 0.2) is 30.3 Å². The highest BCUT2D eigenvalue weighted by Crippen LogP contribution is 2.22. The van der Waals surface area contributed by atoms with E-state index in [1.165, 1.54) is 32.4 Å². The molecule has 0 bridgehead atoms. The maximum Gasteiger partial charge on any atom is 0.119 e. The van der Waals surface area contributed by atoms with Crippen molar-refractivity contribution in [3.05, 3.63) is 30.3 Å². The summed E-state index contributed by atoms with van der Waals surface area (Å²) in [5, 5.41) is 3.73. The van der Waals surface area contributed by atoms with Gasteiger partial charge in [-0.1, -0.05) is 18.2 Å². The Bertz CT molecular complexity index is 378. The Labute approximate surface area is 115 Å². The molecule has 1 unspecified atom stereocenters. The Morgan fingerprint density at radius 3 is 2.74 bits per heavy atom. The number of hydrogen-bond acceptors (Lipinski definition) is 3. The highest BCUT2D eigenvalue weighted by molar-refractivity contribution is 5.20. The molecule has 3 heteroatoms. The Morgan fingerprint density at radius 1 is 1.11 bits per heavy atom. The molecule has 1 aliphatic heterocycles. The molecule has 3 rings (SSSR count). The van der Waals surface area contributed by atoms with Crippen molar-refractivity contribution in [3.8, 4) is 5.75 Å². The third-order valence-corrected chi connectivity index (χ3v) is 3.95. The maximum absolute atomic E-state index is 5.72. The van der Waals surface area contributed by atoms with Gasteiger partial charge in [-0.3, -0.25) is 0 Å². The molecule has 1 aromatic carbocycles. The van der Waals surface area contributed by atoms with Gasteiger partial charge in [0.25, 0.3) is 0 Å². The van der Waals surface area contributed by atoms with Crippen molar-refractivity contribution in [2.24, 2.45) is 0 Å². The molecule has 1 saturated carbocycles. The molecular formula is C16H24N2O. The number of benzene rings is 1. The van der Waals surface area contributed by atoms with E-state index in [1.807, 2.05) is 30.3 Å². The summed E-state index contributed by atoms with van der Waals surface area (Å²) in [7, 11) is 0. The lowest BCUT2D eigenvalue weighted by Crippen LogP contribution is -2.34. The third kappa shape index (κ3) is 4.22. The minimum atomic E-state index is 0.738. The van der Waals surface area contributed by atoms with Crippen molar-refractivity contribution in [1.29, 1.82) is 0 Å². The van der Waals surface area contributed by atoms with Crippen LogP contribution in [-0.2, 0) is 0 Å². The molecule has 0 spiro atoms. The van der Waals surface area contributed by atoms with E-state index in [0.717, 1.165) is 37.4 Å². The number of ether oxygens (including phenoxy) is 1. The van der Waals surface area contributed by atoms with Crippen molar-refractivity contribution in [2.75, 3.05) is 26.2 Å². The van der Waals surface area contributed by atoms with Gasteiger partial charge in [-0.2, -0.15) is 0 Å². The normalized spacial score (nSPS) is 23.7. The molecule has 2 fully saturated rings.